The van der Waals surface area contributed by atoms with Gasteiger partial charge in [0.05, 0.1) is 10.9 Å². The summed E-state index contributed by atoms with van der Waals surface area (Å²) in [6, 6.07) is 10.2. The third-order valence-electron chi connectivity index (χ3n) is 4.79. The molecule has 1 aromatic heterocycles. The SMILES string of the molecule is CC(C)C[C@H](Nc1ncc(-c2ccc(N3CCCC3)cc2)s1)C(=O)NCC#N. The van der Waals surface area contributed by atoms with Crippen LogP contribution < -0.4 is 15.5 Å². The zero-order valence-electron chi connectivity index (χ0n) is 16.4. The largest absolute Gasteiger partial charge is 0.372 e. The van der Waals surface area contributed by atoms with Gasteiger partial charge in [-0.1, -0.05) is 37.3 Å². The first kappa shape index (κ1) is 20.2. The molecule has 1 atom stereocenters. The average molecular weight is 398 g/mol. The number of thiazole rings is 1. The van der Waals surface area contributed by atoms with Crippen LogP contribution in [0, 0.1) is 17.2 Å². The molecule has 1 aliphatic heterocycles. The Bertz CT molecular complexity index is 818. The van der Waals surface area contributed by atoms with Gasteiger partial charge in [0.25, 0.3) is 0 Å². The summed E-state index contributed by atoms with van der Waals surface area (Å²) < 4.78 is 0. The zero-order valence-corrected chi connectivity index (χ0v) is 17.3. The molecule has 0 aliphatic carbocycles. The van der Waals surface area contributed by atoms with E-state index in [1.165, 1.54) is 29.9 Å². The van der Waals surface area contributed by atoms with Crippen LogP contribution in [-0.4, -0.2) is 36.6 Å². The van der Waals surface area contributed by atoms with Crippen LogP contribution in [0.15, 0.2) is 30.5 Å². The first-order chi connectivity index (χ1) is 13.6. The number of nitrogens with one attached hydrogen (secondary N) is 2. The quantitative estimate of drug-likeness (QED) is 0.661. The van der Waals surface area contributed by atoms with E-state index < -0.39 is 6.04 Å². The van der Waals surface area contributed by atoms with Crippen molar-refractivity contribution < 1.29 is 4.79 Å². The van der Waals surface area contributed by atoms with Crippen LogP contribution in [0.4, 0.5) is 10.8 Å². The molecule has 2 heterocycles. The zero-order chi connectivity index (χ0) is 19.9. The Morgan fingerprint density at radius 2 is 2.00 bits per heavy atom. The highest BCUT2D eigenvalue weighted by atomic mass is 32.1. The second kappa shape index (κ2) is 9.56. The molecule has 7 heteroatoms. The Morgan fingerprint density at radius 3 is 2.64 bits per heavy atom. The van der Waals surface area contributed by atoms with Crippen LogP contribution in [0.5, 0.6) is 0 Å². The molecule has 1 aliphatic rings. The normalized spacial score (nSPS) is 14.7. The minimum Gasteiger partial charge on any atom is -0.372 e. The molecular formula is C21H27N5OS. The third kappa shape index (κ3) is 5.23. The lowest BCUT2D eigenvalue weighted by Gasteiger charge is -2.19. The highest BCUT2D eigenvalue weighted by Crippen LogP contribution is 2.31. The number of benzene rings is 1. The van der Waals surface area contributed by atoms with Gasteiger partial charge in [0.1, 0.15) is 12.6 Å². The highest BCUT2D eigenvalue weighted by Gasteiger charge is 2.21. The molecule has 148 valence electrons. The maximum atomic E-state index is 12.3. The first-order valence-electron chi connectivity index (χ1n) is 9.79. The van der Waals surface area contributed by atoms with E-state index >= 15 is 0 Å². The predicted octanol–water partition coefficient (Wildman–Crippen LogP) is 3.88. The lowest BCUT2D eigenvalue weighted by atomic mass is 10.0. The fourth-order valence-electron chi connectivity index (χ4n) is 3.39. The molecule has 1 amide bonds. The monoisotopic (exact) mass is 397 g/mol. The lowest BCUT2D eigenvalue weighted by molar-refractivity contribution is -0.121. The number of rotatable bonds is 8. The van der Waals surface area contributed by atoms with E-state index in [0.717, 1.165) is 28.7 Å². The topological polar surface area (TPSA) is 81.1 Å². The second-order valence-electron chi connectivity index (χ2n) is 7.47. The van der Waals surface area contributed by atoms with E-state index in [0.29, 0.717) is 12.3 Å². The standard InChI is InChI=1S/C21H27N5OS/c1-15(2)13-18(20(27)23-10-9-22)25-21-24-14-19(28-21)16-5-7-17(8-6-16)26-11-3-4-12-26/h5-8,14-15,18H,3-4,10-13H2,1-2H3,(H,23,27)(H,24,25)/t18-/m0/s1. The average Bonchev–Trinajstić information content (AvgIpc) is 3.37. The van der Waals surface area contributed by atoms with Crippen molar-refractivity contribution in [3.8, 4) is 16.5 Å². The van der Waals surface area contributed by atoms with Crippen molar-refractivity contribution in [1.29, 1.82) is 5.26 Å². The summed E-state index contributed by atoms with van der Waals surface area (Å²) in [5.74, 6) is 0.185. The highest BCUT2D eigenvalue weighted by molar-refractivity contribution is 7.18. The van der Waals surface area contributed by atoms with E-state index in [2.05, 4.69) is 58.6 Å². The van der Waals surface area contributed by atoms with Gasteiger partial charge >= 0.3 is 0 Å². The molecule has 2 N–H and O–H groups in total. The summed E-state index contributed by atoms with van der Waals surface area (Å²) in [4.78, 5) is 20.3. The van der Waals surface area contributed by atoms with Crippen molar-refractivity contribution in [2.75, 3.05) is 29.9 Å². The Kier molecular flexibility index (Phi) is 6.88. The number of nitrogens with zero attached hydrogens (tertiary/aromatic N) is 3. The van der Waals surface area contributed by atoms with E-state index in [1.54, 1.807) is 0 Å². The molecule has 1 saturated heterocycles. The smallest absolute Gasteiger partial charge is 0.243 e. The maximum Gasteiger partial charge on any atom is 0.243 e. The van der Waals surface area contributed by atoms with Crippen LogP contribution in [0.1, 0.15) is 33.1 Å². The Labute approximate surface area is 170 Å². The van der Waals surface area contributed by atoms with Gasteiger partial charge in [0, 0.05) is 25.0 Å². The number of carbonyl (C=O) groups excluding carboxylic acids is 1. The number of hydrogen-bond acceptors (Lipinski definition) is 6. The molecule has 0 saturated carbocycles. The minimum absolute atomic E-state index is 0.0155. The van der Waals surface area contributed by atoms with E-state index in [-0.39, 0.29) is 12.5 Å². The molecular weight excluding hydrogens is 370 g/mol. The molecule has 2 aromatic rings. The summed E-state index contributed by atoms with van der Waals surface area (Å²) in [6.45, 7) is 6.43. The molecule has 1 aromatic carbocycles. The van der Waals surface area contributed by atoms with Gasteiger partial charge in [-0.3, -0.25) is 4.79 Å². The van der Waals surface area contributed by atoms with Crippen molar-refractivity contribution in [1.82, 2.24) is 10.3 Å². The van der Waals surface area contributed by atoms with Crippen molar-refractivity contribution in [3.05, 3.63) is 30.5 Å². The molecule has 0 unspecified atom stereocenters. The second-order valence-corrected chi connectivity index (χ2v) is 8.50. The van der Waals surface area contributed by atoms with E-state index in [1.807, 2.05) is 12.3 Å². The van der Waals surface area contributed by atoms with Gasteiger partial charge in [-0.15, -0.1) is 0 Å². The molecule has 1 fully saturated rings. The van der Waals surface area contributed by atoms with Crippen LogP contribution in [0.2, 0.25) is 0 Å². The lowest BCUT2D eigenvalue weighted by Crippen LogP contribution is -2.40. The van der Waals surface area contributed by atoms with Gasteiger partial charge in [0.2, 0.25) is 5.91 Å². The number of aromatic nitrogens is 1. The maximum absolute atomic E-state index is 12.3. The number of anilines is 2. The van der Waals surface area contributed by atoms with Gasteiger partial charge in [-0.2, -0.15) is 5.26 Å². The van der Waals surface area contributed by atoms with Gasteiger partial charge in [-0.25, -0.2) is 4.98 Å². The van der Waals surface area contributed by atoms with Crippen LogP contribution in [0.3, 0.4) is 0 Å². The van der Waals surface area contributed by atoms with Gasteiger partial charge in [0.15, 0.2) is 5.13 Å². The summed E-state index contributed by atoms with van der Waals surface area (Å²) >= 11 is 1.54. The van der Waals surface area contributed by atoms with Crippen molar-refractivity contribution in [2.24, 2.45) is 5.92 Å². The fourth-order valence-corrected chi connectivity index (χ4v) is 4.26. The summed E-state index contributed by atoms with van der Waals surface area (Å²) in [5.41, 5.74) is 2.40. The number of hydrogen-bond donors (Lipinski definition) is 2. The van der Waals surface area contributed by atoms with Crippen molar-refractivity contribution >= 4 is 28.1 Å². The molecule has 28 heavy (non-hydrogen) atoms. The van der Waals surface area contributed by atoms with Gasteiger partial charge in [-0.05, 0) is 42.9 Å². The summed E-state index contributed by atoms with van der Waals surface area (Å²) in [6.07, 6.45) is 5.06. The molecule has 0 bridgehead atoms. The van der Waals surface area contributed by atoms with Crippen LogP contribution >= 0.6 is 11.3 Å². The number of carbonyl (C=O) groups is 1. The van der Waals surface area contributed by atoms with E-state index in [9.17, 15) is 4.79 Å². The molecule has 0 spiro atoms. The number of nitriles is 1. The molecule has 6 nitrogen and oxygen atoms in total. The summed E-state index contributed by atoms with van der Waals surface area (Å²) in [5, 5.41) is 15.3. The summed E-state index contributed by atoms with van der Waals surface area (Å²) in [7, 11) is 0. The van der Waals surface area contributed by atoms with Crippen molar-refractivity contribution in [3.63, 3.8) is 0 Å². The Morgan fingerprint density at radius 1 is 1.29 bits per heavy atom. The Hall–Kier alpha value is -2.59. The predicted molar refractivity (Wildman–Crippen MR) is 114 cm³/mol. The third-order valence-corrected chi connectivity index (χ3v) is 5.77. The minimum atomic E-state index is -0.398. The van der Waals surface area contributed by atoms with Crippen molar-refractivity contribution in [2.45, 2.75) is 39.2 Å². The molecule has 3 rings (SSSR count). The van der Waals surface area contributed by atoms with E-state index in [4.69, 9.17) is 5.26 Å². The Balaban J connectivity index is 1.67. The molecule has 0 radical (unpaired) electrons. The fraction of sp³-hybridized carbons (Fsp3) is 0.476. The van der Waals surface area contributed by atoms with Gasteiger partial charge < -0.3 is 15.5 Å². The van der Waals surface area contributed by atoms with Crippen LogP contribution in [-0.2, 0) is 4.79 Å². The van der Waals surface area contributed by atoms with Crippen LogP contribution in [0.25, 0.3) is 10.4 Å². The first-order valence-corrected chi connectivity index (χ1v) is 10.6. The number of amides is 1.